The van der Waals surface area contributed by atoms with Gasteiger partial charge < -0.3 is 21.4 Å². The van der Waals surface area contributed by atoms with Gasteiger partial charge in [-0.1, -0.05) is 18.0 Å². The molecule has 3 atom stereocenters. The van der Waals surface area contributed by atoms with Crippen LogP contribution in [0, 0.1) is 23.0 Å². The first kappa shape index (κ1) is 33.6. The van der Waals surface area contributed by atoms with Gasteiger partial charge in [0.15, 0.2) is 5.82 Å². The molecule has 2 aromatic carbocycles. The van der Waals surface area contributed by atoms with Crippen molar-refractivity contribution in [2.24, 2.45) is 11.7 Å². The minimum atomic E-state index is -0.575. The number of rotatable bonds is 12. The molecular weight excluding hydrogens is 640 g/mol. The molecule has 1 aliphatic carbocycles. The lowest BCUT2D eigenvalue weighted by molar-refractivity contribution is 0.304. The molecule has 47 heavy (non-hydrogen) atoms. The maximum atomic E-state index is 15.9. The van der Waals surface area contributed by atoms with Crippen molar-refractivity contribution < 1.29 is 8.78 Å². The van der Waals surface area contributed by atoms with E-state index in [2.05, 4.69) is 20.6 Å². The summed E-state index contributed by atoms with van der Waals surface area (Å²) in [5, 5.41) is 14.9. The van der Waals surface area contributed by atoms with Gasteiger partial charge in [0.25, 0.3) is 0 Å². The van der Waals surface area contributed by atoms with Crippen molar-refractivity contribution in [2.75, 3.05) is 12.8 Å². The third kappa shape index (κ3) is 7.74. The number of aromatic nitrogens is 3. The van der Waals surface area contributed by atoms with Crippen molar-refractivity contribution in [3.05, 3.63) is 74.8 Å². The molecule has 0 amide bonds. The molecule has 2 aliphatic rings. The number of piperidine rings is 1. The lowest BCUT2D eigenvalue weighted by Crippen LogP contribution is -2.39. The van der Waals surface area contributed by atoms with E-state index < -0.39 is 11.5 Å². The van der Waals surface area contributed by atoms with Crippen LogP contribution in [0.25, 0.3) is 28.0 Å². The van der Waals surface area contributed by atoms with Gasteiger partial charge in [0.1, 0.15) is 11.5 Å². The third-order valence-electron chi connectivity index (χ3n) is 9.40. The van der Waals surface area contributed by atoms with Gasteiger partial charge in [0.05, 0.1) is 22.2 Å². The van der Waals surface area contributed by atoms with Crippen LogP contribution in [0.1, 0.15) is 75.5 Å². The third-order valence-corrected chi connectivity index (χ3v) is 10.5. The van der Waals surface area contributed by atoms with E-state index in [1.54, 1.807) is 31.3 Å². The number of amidine groups is 1. The summed E-state index contributed by atoms with van der Waals surface area (Å²) in [4.78, 5) is 21.3. The van der Waals surface area contributed by atoms with E-state index >= 15 is 8.78 Å². The Morgan fingerprint density at radius 3 is 2.77 bits per heavy atom. The van der Waals surface area contributed by atoms with Gasteiger partial charge >= 0.3 is 5.69 Å². The van der Waals surface area contributed by atoms with Crippen LogP contribution in [0.4, 0.5) is 8.78 Å². The van der Waals surface area contributed by atoms with Crippen molar-refractivity contribution >= 4 is 40.2 Å². The molecular formula is C35H42ClF2N7OS. The maximum Gasteiger partial charge on any atom is 0.354 e. The number of nitrogens with zero attached hydrogens (tertiary/aromatic N) is 2. The molecule has 0 unspecified atom stereocenters. The average Bonchev–Trinajstić information content (AvgIpc) is 3.81. The van der Waals surface area contributed by atoms with Crippen LogP contribution in [-0.4, -0.2) is 45.3 Å². The van der Waals surface area contributed by atoms with E-state index in [0.717, 1.165) is 55.4 Å². The zero-order chi connectivity index (χ0) is 33.2. The zero-order valence-electron chi connectivity index (χ0n) is 26.8. The molecule has 2 fully saturated rings. The Bertz CT molecular complexity index is 1840. The summed E-state index contributed by atoms with van der Waals surface area (Å²) in [5.41, 5.74) is 8.65. The summed E-state index contributed by atoms with van der Waals surface area (Å²) < 4.78 is 32.6. The van der Waals surface area contributed by atoms with Gasteiger partial charge in [-0.3, -0.25) is 9.98 Å². The smallest absolute Gasteiger partial charge is 0.354 e. The highest BCUT2D eigenvalue weighted by Gasteiger charge is 2.29. The first-order valence-electron chi connectivity index (χ1n) is 16.4. The van der Waals surface area contributed by atoms with Gasteiger partial charge in [-0.25, -0.2) is 13.6 Å². The van der Waals surface area contributed by atoms with Crippen LogP contribution in [0.3, 0.4) is 0 Å². The first-order chi connectivity index (χ1) is 22.6. The van der Waals surface area contributed by atoms with Crippen LogP contribution >= 0.6 is 23.4 Å². The highest BCUT2D eigenvalue weighted by molar-refractivity contribution is 7.98. The summed E-state index contributed by atoms with van der Waals surface area (Å²) in [6, 6.07) is 8.68. The van der Waals surface area contributed by atoms with Crippen molar-refractivity contribution in [3.8, 4) is 16.9 Å². The Kier molecular flexibility index (Phi) is 10.4. The van der Waals surface area contributed by atoms with Crippen molar-refractivity contribution in [2.45, 2.75) is 87.7 Å². The van der Waals surface area contributed by atoms with Crippen LogP contribution in [-0.2, 0) is 6.42 Å². The van der Waals surface area contributed by atoms with Crippen LogP contribution in [0.2, 0.25) is 5.02 Å². The number of nitrogens with two attached hydrogens (primary N) is 1. The van der Waals surface area contributed by atoms with Crippen LogP contribution in [0.15, 0.2) is 46.2 Å². The largest absolute Gasteiger partial charge is 0.374 e. The number of nitrogens with one attached hydrogen (secondary N) is 4. The van der Waals surface area contributed by atoms with E-state index in [4.69, 9.17) is 22.7 Å². The Balaban J connectivity index is 1.25. The van der Waals surface area contributed by atoms with E-state index in [1.807, 2.05) is 12.3 Å². The van der Waals surface area contributed by atoms with Crippen molar-refractivity contribution in [1.29, 1.82) is 5.41 Å². The second-order valence-corrected chi connectivity index (χ2v) is 14.2. The lowest BCUT2D eigenvalue weighted by atomic mass is 9.91. The quantitative estimate of drug-likeness (QED) is 0.0610. The molecule has 12 heteroatoms. The van der Waals surface area contributed by atoms with Crippen molar-refractivity contribution in [1.82, 2.24) is 25.2 Å². The number of aromatic amines is 1. The van der Waals surface area contributed by atoms with Gasteiger partial charge in [-0.2, -0.15) is 4.98 Å². The summed E-state index contributed by atoms with van der Waals surface area (Å²) in [5.74, 6) is 0.138. The zero-order valence-corrected chi connectivity index (χ0v) is 28.3. The number of aryl methyl sites for hydroxylation is 1. The minimum absolute atomic E-state index is 0.0345. The molecule has 1 saturated carbocycles. The fraction of sp³-hybridized carbons (Fsp3) is 0.457. The van der Waals surface area contributed by atoms with Crippen LogP contribution in [0.5, 0.6) is 0 Å². The predicted molar refractivity (Wildman–Crippen MR) is 187 cm³/mol. The summed E-state index contributed by atoms with van der Waals surface area (Å²) in [7, 11) is 0. The molecule has 0 radical (unpaired) electrons. The molecule has 3 heterocycles. The number of fused-ring (bicyclic) bond motifs is 1. The maximum absolute atomic E-state index is 15.9. The second kappa shape index (κ2) is 14.5. The van der Waals surface area contributed by atoms with Gasteiger partial charge in [-0.05, 0) is 106 Å². The Labute approximate surface area is 282 Å². The van der Waals surface area contributed by atoms with Gasteiger partial charge in [-0.15, -0.1) is 11.8 Å². The second-order valence-electron chi connectivity index (χ2n) is 12.9. The molecule has 8 nitrogen and oxygen atoms in total. The normalized spacial score (nSPS) is 18.9. The summed E-state index contributed by atoms with van der Waals surface area (Å²) in [6.45, 7) is 2.41. The van der Waals surface area contributed by atoms with E-state index in [9.17, 15) is 4.79 Å². The highest BCUT2D eigenvalue weighted by atomic mass is 35.5. The molecule has 0 spiro atoms. The van der Waals surface area contributed by atoms with E-state index in [1.165, 1.54) is 35.2 Å². The summed E-state index contributed by atoms with van der Waals surface area (Å²) >= 11 is 7.76. The fourth-order valence-electron chi connectivity index (χ4n) is 6.75. The monoisotopic (exact) mass is 681 g/mol. The van der Waals surface area contributed by atoms with E-state index in [-0.39, 0.29) is 29.0 Å². The van der Waals surface area contributed by atoms with Gasteiger partial charge in [0, 0.05) is 52.3 Å². The Morgan fingerprint density at radius 2 is 2.02 bits per heavy atom. The number of hydrogen-bond acceptors (Lipinski definition) is 6. The first-order valence-corrected chi connectivity index (χ1v) is 18.0. The molecule has 0 bridgehead atoms. The van der Waals surface area contributed by atoms with Crippen molar-refractivity contribution in [3.63, 3.8) is 0 Å². The number of hydrogen-bond donors (Lipinski definition) is 5. The number of benzene rings is 2. The lowest BCUT2D eigenvalue weighted by Gasteiger charge is -2.33. The van der Waals surface area contributed by atoms with E-state index in [0.29, 0.717) is 51.8 Å². The molecule has 6 rings (SSSR count). The molecule has 250 valence electrons. The number of H-pyrrole nitrogens is 1. The molecule has 1 saturated heterocycles. The number of halogens is 3. The highest BCUT2D eigenvalue weighted by Crippen LogP contribution is 2.37. The molecule has 4 aromatic rings. The van der Waals surface area contributed by atoms with Gasteiger partial charge in [0.2, 0.25) is 0 Å². The Hall–Kier alpha value is -3.25. The minimum Gasteiger partial charge on any atom is -0.374 e. The fourth-order valence-corrected chi connectivity index (χ4v) is 7.69. The Morgan fingerprint density at radius 1 is 1.21 bits per heavy atom. The predicted octanol–water partition coefficient (Wildman–Crippen LogP) is 7.25. The topological polar surface area (TPSA) is 125 Å². The standard InChI is InChI=1S/C35H42ClF2N7OS/c1-19(39)41-12-11-23-6-4-8-29(42-23)32-27(37)16-24(17-31(32)47-2)45-18-22-15-30(43-34(22)44-35(45)46)25-13-20(14-26(36)33(25)38)5-3-7-28(40)21-9-10-21/h13-18,21,23,28-29,42H,3-12,40H2,1-2H3,(H2,39,41)(H,43,44,46)/t23-,28+,29-/m0/s1. The molecule has 2 aromatic heterocycles. The molecule has 1 aliphatic heterocycles. The van der Waals surface area contributed by atoms with Crippen LogP contribution < -0.4 is 22.1 Å². The number of thioether (sulfide) groups is 1. The molecule has 6 N–H and O–H groups in total. The summed E-state index contributed by atoms with van der Waals surface area (Å²) in [6.07, 6.45) is 12.1. The SMILES string of the molecule is CSc1cc(-n2cc3cc(-c4cc(CCC[C@@H](N)C5CC5)cc(Cl)c4F)[nH]c3nc2=O)cc(F)c1[C@@H]1CCC[C@@H](CCNC(C)=N)N1. The average molecular weight is 682 g/mol.